The highest BCUT2D eigenvalue weighted by molar-refractivity contribution is 6.33. The number of Topliss-reactive ketones (excluding diaryl/α,β-unsaturated/α-hetero) is 1. The molecule has 6 rings (SSSR count). The number of fused-ring (bicyclic) bond motifs is 4. The molecule has 1 aliphatic heterocycles. The van der Waals surface area contributed by atoms with Crippen LogP contribution in [0.3, 0.4) is 0 Å². The molecule has 1 aromatic heterocycles. The maximum Gasteiger partial charge on any atom is 0.162 e. The average molecular weight is 454 g/mol. The van der Waals surface area contributed by atoms with Crippen LogP contribution < -0.4 is 5.32 Å². The maximum atomic E-state index is 13.5. The minimum Gasteiger partial charge on any atom is -0.458 e. The zero-order chi connectivity index (χ0) is 22.7. The van der Waals surface area contributed by atoms with Gasteiger partial charge in [-0.25, -0.2) is 0 Å². The summed E-state index contributed by atoms with van der Waals surface area (Å²) in [6.45, 7) is 4.36. The second-order valence-corrected chi connectivity index (χ2v) is 10.2. The molecule has 0 unspecified atom stereocenters. The van der Waals surface area contributed by atoms with E-state index in [0.29, 0.717) is 17.2 Å². The summed E-state index contributed by atoms with van der Waals surface area (Å²) in [5, 5.41) is 6.63. The van der Waals surface area contributed by atoms with Crippen LogP contribution in [0.15, 0.2) is 82.8 Å². The standard InChI is InChI=1S/C29H24ClNO2/c1-29(2)15-20-26-18-8-4-3-7-17(18)11-12-22(26)31-28(27(20)23(32)16-29)25-14-13-24(33-25)19-9-5-6-10-21(19)30/h3-14,28,31H,15-16H2,1-2H3/t28-/m1/s1. The molecule has 3 nitrogen and oxygen atoms in total. The van der Waals surface area contributed by atoms with E-state index < -0.39 is 0 Å². The number of halogens is 1. The maximum absolute atomic E-state index is 13.5. The predicted molar refractivity (Wildman–Crippen MR) is 134 cm³/mol. The number of hydrogen-bond donors (Lipinski definition) is 1. The van der Waals surface area contributed by atoms with Crippen LogP contribution in [0.2, 0.25) is 5.02 Å². The SMILES string of the molecule is CC1(C)CC(=O)C2=C(C1)c1c(ccc3ccccc13)N[C@@H]2c1ccc(-c2ccccc2Cl)o1. The lowest BCUT2D eigenvalue weighted by atomic mass is 9.68. The number of carbonyl (C=O) groups is 1. The molecule has 3 aromatic carbocycles. The molecule has 1 atom stereocenters. The normalized spacial score (nSPS) is 19.2. The molecular formula is C29H24ClNO2. The number of nitrogens with one attached hydrogen (secondary N) is 1. The van der Waals surface area contributed by atoms with Crippen molar-refractivity contribution in [2.24, 2.45) is 5.41 Å². The van der Waals surface area contributed by atoms with Gasteiger partial charge in [0, 0.05) is 28.8 Å². The van der Waals surface area contributed by atoms with Gasteiger partial charge in [0.2, 0.25) is 0 Å². The van der Waals surface area contributed by atoms with Crippen molar-refractivity contribution >= 4 is 39.4 Å². The van der Waals surface area contributed by atoms with Crippen LogP contribution in [0.5, 0.6) is 0 Å². The van der Waals surface area contributed by atoms with Crippen LogP contribution >= 0.6 is 11.6 Å². The zero-order valence-corrected chi connectivity index (χ0v) is 19.4. The van der Waals surface area contributed by atoms with Gasteiger partial charge >= 0.3 is 0 Å². The Kier molecular flexibility index (Phi) is 4.53. The van der Waals surface area contributed by atoms with Crippen molar-refractivity contribution in [1.82, 2.24) is 0 Å². The summed E-state index contributed by atoms with van der Waals surface area (Å²) < 4.78 is 6.31. The molecule has 0 radical (unpaired) electrons. The zero-order valence-electron chi connectivity index (χ0n) is 18.6. The Morgan fingerprint density at radius 1 is 0.939 bits per heavy atom. The molecule has 0 spiro atoms. The minimum atomic E-state index is -0.325. The average Bonchev–Trinajstić information content (AvgIpc) is 3.27. The smallest absolute Gasteiger partial charge is 0.162 e. The van der Waals surface area contributed by atoms with Crippen molar-refractivity contribution in [2.45, 2.75) is 32.7 Å². The summed E-state index contributed by atoms with van der Waals surface area (Å²) >= 11 is 6.40. The third-order valence-corrected chi connectivity index (χ3v) is 7.12. The summed E-state index contributed by atoms with van der Waals surface area (Å²) in [5.74, 6) is 1.62. The first-order valence-corrected chi connectivity index (χ1v) is 11.7. The highest BCUT2D eigenvalue weighted by Crippen LogP contribution is 2.52. The van der Waals surface area contributed by atoms with Crippen molar-refractivity contribution < 1.29 is 9.21 Å². The highest BCUT2D eigenvalue weighted by Gasteiger charge is 2.41. The molecule has 4 aromatic rings. The molecule has 0 bridgehead atoms. The first-order chi connectivity index (χ1) is 15.9. The van der Waals surface area contributed by atoms with E-state index in [4.69, 9.17) is 16.0 Å². The number of allylic oxidation sites excluding steroid dienone is 1. The van der Waals surface area contributed by atoms with Gasteiger partial charge in [-0.1, -0.05) is 67.9 Å². The minimum absolute atomic E-state index is 0.0854. The topological polar surface area (TPSA) is 42.2 Å². The van der Waals surface area contributed by atoms with Gasteiger partial charge < -0.3 is 9.73 Å². The predicted octanol–water partition coefficient (Wildman–Crippen LogP) is 8.06. The quantitative estimate of drug-likeness (QED) is 0.333. The Morgan fingerprint density at radius 3 is 2.58 bits per heavy atom. The molecule has 0 fully saturated rings. The number of hydrogen-bond acceptors (Lipinski definition) is 3. The van der Waals surface area contributed by atoms with E-state index >= 15 is 0 Å². The third kappa shape index (κ3) is 3.30. The Hall–Kier alpha value is -3.30. The fourth-order valence-corrected chi connectivity index (χ4v) is 5.59. The van der Waals surface area contributed by atoms with E-state index in [1.807, 2.05) is 36.4 Å². The van der Waals surface area contributed by atoms with Crippen LogP contribution in [-0.2, 0) is 4.79 Å². The molecule has 2 heterocycles. The molecule has 164 valence electrons. The monoisotopic (exact) mass is 453 g/mol. The lowest BCUT2D eigenvalue weighted by molar-refractivity contribution is -0.118. The summed E-state index contributed by atoms with van der Waals surface area (Å²) in [7, 11) is 0. The molecule has 33 heavy (non-hydrogen) atoms. The Morgan fingerprint density at radius 2 is 1.73 bits per heavy atom. The van der Waals surface area contributed by atoms with E-state index in [2.05, 4.69) is 55.6 Å². The number of furan rings is 1. The molecule has 1 N–H and O–H groups in total. The van der Waals surface area contributed by atoms with E-state index in [1.165, 1.54) is 10.8 Å². The van der Waals surface area contributed by atoms with E-state index in [0.717, 1.165) is 40.1 Å². The van der Waals surface area contributed by atoms with Gasteiger partial charge in [0.25, 0.3) is 0 Å². The van der Waals surface area contributed by atoms with E-state index in [-0.39, 0.29) is 17.2 Å². The third-order valence-electron chi connectivity index (χ3n) is 6.79. The first kappa shape index (κ1) is 20.3. The second-order valence-electron chi connectivity index (χ2n) is 9.80. The lowest BCUT2D eigenvalue weighted by Crippen LogP contribution is -2.33. The Balaban J connectivity index is 1.54. The molecule has 0 saturated heterocycles. The van der Waals surface area contributed by atoms with Crippen molar-refractivity contribution in [1.29, 1.82) is 0 Å². The van der Waals surface area contributed by atoms with Crippen molar-refractivity contribution in [3.05, 3.63) is 94.7 Å². The van der Waals surface area contributed by atoms with Gasteiger partial charge in [0.05, 0.1) is 5.02 Å². The Bertz CT molecular complexity index is 1460. The van der Waals surface area contributed by atoms with E-state index in [1.54, 1.807) is 0 Å². The van der Waals surface area contributed by atoms with Gasteiger partial charge in [-0.05, 0) is 58.5 Å². The number of carbonyl (C=O) groups excluding carboxylic acids is 1. The summed E-state index contributed by atoms with van der Waals surface area (Å²) in [6, 6.07) is 23.9. The van der Waals surface area contributed by atoms with Gasteiger partial charge in [-0.3, -0.25) is 4.79 Å². The molecule has 1 aliphatic carbocycles. The fraction of sp³-hybridized carbons (Fsp3) is 0.207. The van der Waals surface area contributed by atoms with Crippen LogP contribution in [0.1, 0.15) is 44.1 Å². The molecule has 2 aliphatic rings. The van der Waals surface area contributed by atoms with Crippen LogP contribution in [0.25, 0.3) is 27.7 Å². The second kappa shape index (κ2) is 7.36. The molecule has 0 saturated carbocycles. The van der Waals surface area contributed by atoms with Crippen LogP contribution in [0.4, 0.5) is 5.69 Å². The van der Waals surface area contributed by atoms with Gasteiger partial charge in [-0.2, -0.15) is 0 Å². The number of benzene rings is 3. The van der Waals surface area contributed by atoms with Crippen molar-refractivity contribution in [2.75, 3.05) is 5.32 Å². The lowest BCUT2D eigenvalue weighted by Gasteiger charge is -2.39. The molecule has 4 heteroatoms. The van der Waals surface area contributed by atoms with Crippen LogP contribution in [0, 0.1) is 5.41 Å². The summed E-state index contributed by atoms with van der Waals surface area (Å²) in [5.41, 5.74) is 4.92. The van der Waals surface area contributed by atoms with E-state index in [9.17, 15) is 4.79 Å². The van der Waals surface area contributed by atoms with Gasteiger partial charge in [0.1, 0.15) is 17.6 Å². The van der Waals surface area contributed by atoms with Crippen molar-refractivity contribution in [3.8, 4) is 11.3 Å². The van der Waals surface area contributed by atoms with Gasteiger partial charge in [-0.15, -0.1) is 0 Å². The van der Waals surface area contributed by atoms with Gasteiger partial charge in [0.15, 0.2) is 5.78 Å². The number of ketones is 1. The summed E-state index contributed by atoms with van der Waals surface area (Å²) in [4.78, 5) is 13.5. The summed E-state index contributed by atoms with van der Waals surface area (Å²) in [6.07, 6.45) is 1.38. The first-order valence-electron chi connectivity index (χ1n) is 11.3. The molecule has 0 amide bonds. The number of anilines is 1. The van der Waals surface area contributed by atoms with Crippen molar-refractivity contribution in [3.63, 3.8) is 0 Å². The largest absolute Gasteiger partial charge is 0.458 e. The van der Waals surface area contributed by atoms with Crippen LogP contribution in [-0.4, -0.2) is 5.78 Å². The fourth-order valence-electron chi connectivity index (χ4n) is 5.36. The Labute approximate surface area is 198 Å². The molecular weight excluding hydrogens is 430 g/mol. The number of rotatable bonds is 2. The highest BCUT2D eigenvalue weighted by atomic mass is 35.5.